The molecule has 3 rings (SSSR count). The van der Waals surface area contributed by atoms with Crippen LogP contribution in [0.4, 0.5) is 14.9 Å². The number of carbonyl (C=O) groups is 2. The molecule has 2 aromatic rings. The van der Waals surface area contributed by atoms with Gasteiger partial charge in [-0.3, -0.25) is 4.79 Å². The number of nitrogens with one attached hydrogen (secondary N) is 2. The number of thiazole rings is 1. The lowest BCUT2D eigenvalue weighted by Gasteiger charge is -2.31. The first kappa shape index (κ1) is 20.3. The van der Waals surface area contributed by atoms with Crippen molar-refractivity contribution in [3.8, 4) is 0 Å². The van der Waals surface area contributed by atoms with Gasteiger partial charge in [0, 0.05) is 49.5 Å². The Morgan fingerprint density at radius 3 is 2.64 bits per heavy atom. The van der Waals surface area contributed by atoms with Crippen LogP contribution < -0.4 is 10.6 Å². The van der Waals surface area contributed by atoms with Crippen molar-refractivity contribution in [1.82, 2.24) is 15.2 Å². The van der Waals surface area contributed by atoms with E-state index in [9.17, 15) is 14.0 Å². The molecule has 2 N–H and O–H groups in total. The molecule has 0 atom stereocenters. The molecule has 0 saturated carbocycles. The number of piperidine rings is 1. The van der Waals surface area contributed by atoms with Crippen molar-refractivity contribution in [2.45, 2.75) is 38.5 Å². The molecule has 1 aliphatic heterocycles. The number of rotatable bonds is 6. The van der Waals surface area contributed by atoms with Gasteiger partial charge in [0.15, 0.2) is 0 Å². The highest BCUT2D eigenvalue weighted by molar-refractivity contribution is 7.09. The Morgan fingerprint density at radius 1 is 1.25 bits per heavy atom. The van der Waals surface area contributed by atoms with Crippen molar-refractivity contribution < 1.29 is 14.0 Å². The minimum atomic E-state index is -0.325. The molecule has 3 amide bonds. The van der Waals surface area contributed by atoms with Crippen LogP contribution in [0.2, 0.25) is 0 Å². The largest absolute Gasteiger partial charge is 0.356 e. The normalized spacial score (nSPS) is 14.7. The Hall–Kier alpha value is -2.48. The number of anilines is 1. The molecule has 0 aliphatic carbocycles. The summed E-state index contributed by atoms with van der Waals surface area (Å²) in [7, 11) is 0. The fourth-order valence-corrected chi connectivity index (χ4v) is 4.17. The lowest BCUT2D eigenvalue weighted by molar-refractivity contribution is -0.120. The van der Waals surface area contributed by atoms with Gasteiger partial charge in [0.2, 0.25) is 5.91 Å². The van der Waals surface area contributed by atoms with Crippen molar-refractivity contribution in [2.24, 2.45) is 0 Å². The third kappa shape index (κ3) is 5.51. The van der Waals surface area contributed by atoms with Gasteiger partial charge < -0.3 is 15.5 Å². The van der Waals surface area contributed by atoms with E-state index in [0.29, 0.717) is 37.7 Å². The molecular formula is C20H25FN4O2S. The average molecular weight is 405 g/mol. The smallest absolute Gasteiger partial charge is 0.321 e. The van der Waals surface area contributed by atoms with Crippen molar-refractivity contribution in [3.63, 3.8) is 0 Å². The van der Waals surface area contributed by atoms with Gasteiger partial charge in [-0.2, -0.15) is 0 Å². The van der Waals surface area contributed by atoms with Crippen LogP contribution in [-0.4, -0.2) is 41.5 Å². The monoisotopic (exact) mass is 404 g/mol. The molecule has 0 radical (unpaired) electrons. The summed E-state index contributed by atoms with van der Waals surface area (Å²) < 4.78 is 13.0. The van der Waals surface area contributed by atoms with E-state index < -0.39 is 0 Å². The molecule has 0 bridgehead atoms. The number of likely N-dealkylation sites (tertiary alicyclic amines) is 1. The number of aromatic nitrogens is 1. The third-order valence-corrected chi connectivity index (χ3v) is 5.88. The first-order chi connectivity index (χ1) is 13.5. The van der Waals surface area contributed by atoms with E-state index >= 15 is 0 Å². The molecule has 1 saturated heterocycles. The quantitative estimate of drug-likeness (QED) is 0.770. The molecular weight excluding hydrogens is 379 g/mol. The molecule has 0 spiro atoms. The zero-order valence-corrected chi connectivity index (χ0v) is 16.7. The molecule has 28 heavy (non-hydrogen) atoms. The number of nitrogens with zero attached hydrogens (tertiary/aromatic N) is 2. The van der Waals surface area contributed by atoms with Crippen LogP contribution in [0.3, 0.4) is 0 Å². The minimum absolute atomic E-state index is 0.0572. The van der Waals surface area contributed by atoms with Crippen LogP contribution >= 0.6 is 11.3 Å². The molecule has 1 aromatic carbocycles. The Kier molecular flexibility index (Phi) is 6.97. The van der Waals surface area contributed by atoms with Crippen molar-refractivity contribution in [3.05, 3.63) is 46.2 Å². The van der Waals surface area contributed by atoms with Gasteiger partial charge in [0.25, 0.3) is 0 Å². The van der Waals surface area contributed by atoms with E-state index in [0.717, 1.165) is 30.0 Å². The molecule has 1 fully saturated rings. The molecule has 8 heteroatoms. The second kappa shape index (κ2) is 9.64. The maximum Gasteiger partial charge on any atom is 0.321 e. The van der Waals surface area contributed by atoms with Crippen LogP contribution in [0.1, 0.15) is 42.8 Å². The lowest BCUT2D eigenvalue weighted by Crippen LogP contribution is -2.40. The molecule has 6 nitrogen and oxygen atoms in total. The number of benzene rings is 1. The fourth-order valence-electron chi connectivity index (χ4n) is 3.15. The van der Waals surface area contributed by atoms with Crippen LogP contribution in [0.25, 0.3) is 0 Å². The van der Waals surface area contributed by atoms with E-state index in [-0.39, 0.29) is 17.8 Å². The van der Waals surface area contributed by atoms with Crippen molar-refractivity contribution in [2.75, 3.05) is 25.0 Å². The second-order valence-electron chi connectivity index (χ2n) is 6.83. The first-order valence-electron chi connectivity index (χ1n) is 9.57. The van der Waals surface area contributed by atoms with Gasteiger partial charge in [-0.05, 0) is 37.1 Å². The zero-order valence-electron chi connectivity index (χ0n) is 15.9. The Balaban J connectivity index is 1.45. The minimum Gasteiger partial charge on any atom is -0.356 e. The van der Waals surface area contributed by atoms with Crippen molar-refractivity contribution in [1.29, 1.82) is 0 Å². The van der Waals surface area contributed by atoms with E-state index in [4.69, 9.17) is 4.98 Å². The van der Waals surface area contributed by atoms with Crippen LogP contribution in [0.15, 0.2) is 29.6 Å². The fraction of sp³-hybridized carbons (Fsp3) is 0.450. The summed E-state index contributed by atoms with van der Waals surface area (Å²) in [5.41, 5.74) is 1.60. The highest BCUT2D eigenvalue weighted by atomic mass is 32.1. The lowest BCUT2D eigenvalue weighted by atomic mass is 9.98. The highest BCUT2D eigenvalue weighted by Crippen LogP contribution is 2.30. The topological polar surface area (TPSA) is 74.3 Å². The standard InChI is InChI=1S/C20H25FN4O2S/c1-2-18(26)22-10-7-17-13-28-19(23-17)14-8-11-25(12-9-14)20(27)24-16-5-3-15(21)4-6-16/h3-6,13-14H,2,7-12H2,1H3,(H,22,26)(H,24,27). The maximum atomic E-state index is 13.0. The van der Waals surface area contributed by atoms with Crippen LogP contribution in [0, 0.1) is 5.82 Å². The SMILES string of the molecule is CCC(=O)NCCc1csc(C2CCN(C(=O)Nc3ccc(F)cc3)CC2)n1. The van der Waals surface area contributed by atoms with Crippen LogP contribution in [0.5, 0.6) is 0 Å². The summed E-state index contributed by atoms with van der Waals surface area (Å²) in [5, 5.41) is 8.84. The number of halogens is 1. The number of hydrogen-bond donors (Lipinski definition) is 2. The maximum absolute atomic E-state index is 13.0. The number of hydrogen-bond acceptors (Lipinski definition) is 4. The molecule has 1 aliphatic rings. The molecule has 0 unspecified atom stereocenters. The summed E-state index contributed by atoms with van der Waals surface area (Å²) >= 11 is 1.66. The van der Waals surface area contributed by atoms with Gasteiger partial charge in [0.05, 0.1) is 10.7 Å². The average Bonchev–Trinajstić information content (AvgIpc) is 3.18. The summed E-state index contributed by atoms with van der Waals surface area (Å²) in [6, 6.07) is 5.61. The van der Waals surface area contributed by atoms with Gasteiger partial charge >= 0.3 is 6.03 Å². The van der Waals surface area contributed by atoms with Gasteiger partial charge in [-0.1, -0.05) is 6.92 Å². The number of urea groups is 1. The first-order valence-corrected chi connectivity index (χ1v) is 10.5. The van der Waals surface area contributed by atoms with Gasteiger partial charge in [0.1, 0.15) is 5.82 Å². The van der Waals surface area contributed by atoms with Crippen molar-refractivity contribution >= 4 is 29.0 Å². The summed E-state index contributed by atoms with van der Waals surface area (Å²) in [6.07, 6.45) is 2.98. The highest BCUT2D eigenvalue weighted by Gasteiger charge is 2.25. The van der Waals surface area contributed by atoms with Gasteiger partial charge in [-0.15, -0.1) is 11.3 Å². The number of amides is 3. The predicted octanol–water partition coefficient (Wildman–Crippen LogP) is 3.76. The molecule has 2 heterocycles. The van der Waals surface area contributed by atoms with E-state index in [2.05, 4.69) is 16.0 Å². The third-order valence-electron chi connectivity index (χ3n) is 4.82. The zero-order chi connectivity index (χ0) is 19.9. The summed E-state index contributed by atoms with van der Waals surface area (Å²) in [6.45, 7) is 3.78. The summed E-state index contributed by atoms with van der Waals surface area (Å²) in [4.78, 5) is 30.2. The summed E-state index contributed by atoms with van der Waals surface area (Å²) in [5.74, 6) is 0.0926. The van der Waals surface area contributed by atoms with Crippen LogP contribution in [-0.2, 0) is 11.2 Å². The Bertz CT molecular complexity index is 801. The second-order valence-corrected chi connectivity index (χ2v) is 7.72. The molecule has 150 valence electrons. The number of carbonyl (C=O) groups excluding carboxylic acids is 2. The Labute approximate surface area is 168 Å². The molecule has 1 aromatic heterocycles. The van der Waals surface area contributed by atoms with E-state index in [1.807, 2.05) is 6.92 Å². The van der Waals surface area contributed by atoms with Gasteiger partial charge in [-0.25, -0.2) is 14.2 Å². The Morgan fingerprint density at radius 2 is 1.96 bits per heavy atom. The van der Waals surface area contributed by atoms with E-state index in [1.54, 1.807) is 28.4 Å². The predicted molar refractivity (Wildman–Crippen MR) is 108 cm³/mol. The van der Waals surface area contributed by atoms with E-state index in [1.165, 1.54) is 12.1 Å².